The summed E-state index contributed by atoms with van der Waals surface area (Å²) in [6.45, 7) is 0.933. The van der Waals surface area contributed by atoms with Crippen LogP contribution < -0.4 is 10.6 Å². The molecule has 0 spiro atoms. The van der Waals surface area contributed by atoms with Crippen molar-refractivity contribution in [1.29, 1.82) is 0 Å². The van der Waals surface area contributed by atoms with Crippen molar-refractivity contribution in [3.8, 4) is 0 Å². The minimum atomic E-state index is 0.313. The van der Waals surface area contributed by atoms with Crippen molar-refractivity contribution < 1.29 is 0 Å². The van der Waals surface area contributed by atoms with Crippen molar-refractivity contribution in [3.63, 3.8) is 0 Å². The van der Waals surface area contributed by atoms with Gasteiger partial charge in [0.15, 0.2) is 0 Å². The molecule has 3 rings (SSSR count). The smallest absolute Gasteiger partial charge is 0.221 e. The van der Waals surface area contributed by atoms with Gasteiger partial charge in [0, 0.05) is 22.9 Å². The summed E-state index contributed by atoms with van der Waals surface area (Å²) in [5.74, 6) is 1.17. The summed E-state index contributed by atoms with van der Waals surface area (Å²) in [5.41, 5.74) is 8.14. The standard InChI is InChI=1S/C12H11BrN4/c13-9-1-2-10-8(7-9)4-6-17(10)11-3-5-15-12(14)16-11/h1-3,5,7H,4,6H2,(H2,14,15,16). The van der Waals surface area contributed by atoms with Crippen LogP contribution in [0.3, 0.4) is 0 Å². The van der Waals surface area contributed by atoms with Gasteiger partial charge < -0.3 is 10.6 Å². The Morgan fingerprint density at radius 1 is 1.29 bits per heavy atom. The van der Waals surface area contributed by atoms with E-state index in [-0.39, 0.29) is 0 Å². The van der Waals surface area contributed by atoms with Gasteiger partial charge in [-0.2, -0.15) is 4.98 Å². The number of halogens is 1. The van der Waals surface area contributed by atoms with Crippen LogP contribution >= 0.6 is 15.9 Å². The maximum atomic E-state index is 5.61. The summed E-state index contributed by atoms with van der Waals surface area (Å²) in [6.07, 6.45) is 2.72. The van der Waals surface area contributed by atoms with Gasteiger partial charge in [-0.25, -0.2) is 4.98 Å². The second-order valence-corrected chi connectivity index (χ2v) is 4.86. The van der Waals surface area contributed by atoms with E-state index in [1.54, 1.807) is 6.20 Å². The van der Waals surface area contributed by atoms with E-state index in [0.717, 1.165) is 23.3 Å². The number of benzene rings is 1. The van der Waals surface area contributed by atoms with Crippen LogP contribution in [0.2, 0.25) is 0 Å². The van der Waals surface area contributed by atoms with E-state index >= 15 is 0 Å². The minimum Gasteiger partial charge on any atom is -0.368 e. The Morgan fingerprint density at radius 2 is 2.18 bits per heavy atom. The van der Waals surface area contributed by atoms with Gasteiger partial charge in [0.2, 0.25) is 5.95 Å². The van der Waals surface area contributed by atoms with E-state index in [9.17, 15) is 0 Å². The van der Waals surface area contributed by atoms with E-state index in [4.69, 9.17) is 5.73 Å². The zero-order valence-electron chi connectivity index (χ0n) is 9.10. The zero-order valence-corrected chi connectivity index (χ0v) is 10.7. The third-order valence-corrected chi connectivity index (χ3v) is 3.37. The Kier molecular flexibility index (Phi) is 2.48. The molecule has 5 heteroatoms. The predicted molar refractivity (Wildman–Crippen MR) is 71.3 cm³/mol. The highest BCUT2D eigenvalue weighted by molar-refractivity contribution is 9.10. The molecule has 4 nitrogen and oxygen atoms in total. The molecule has 0 bridgehead atoms. The highest BCUT2D eigenvalue weighted by Gasteiger charge is 2.21. The summed E-state index contributed by atoms with van der Waals surface area (Å²) < 4.78 is 1.11. The van der Waals surface area contributed by atoms with Gasteiger partial charge in [-0.15, -0.1) is 0 Å². The molecule has 1 aromatic carbocycles. The largest absolute Gasteiger partial charge is 0.368 e. The molecule has 1 aromatic heterocycles. The Labute approximate surface area is 108 Å². The molecule has 2 heterocycles. The summed E-state index contributed by atoms with van der Waals surface area (Å²) in [4.78, 5) is 10.3. The first-order chi connectivity index (χ1) is 8.24. The number of hydrogen-bond donors (Lipinski definition) is 1. The van der Waals surface area contributed by atoms with Crippen LogP contribution in [0.5, 0.6) is 0 Å². The minimum absolute atomic E-state index is 0.313. The number of fused-ring (bicyclic) bond motifs is 1. The van der Waals surface area contributed by atoms with Crippen molar-refractivity contribution in [1.82, 2.24) is 9.97 Å². The lowest BCUT2D eigenvalue weighted by molar-refractivity contribution is 0.968. The molecule has 0 atom stereocenters. The lowest BCUT2D eigenvalue weighted by atomic mass is 10.2. The maximum absolute atomic E-state index is 5.61. The summed E-state index contributed by atoms with van der Waals surface area (Å²) in [5, 5.41) is 0. The molecule has 0 amide bonds. The first kappa shape index (κ1) is 10.5. The molecule has 0 fully saturated rings. The van der Waals surface area contributed by atoms with E-state index in [0.29, 0.717) is 5.95 Å². The summed E-state index contributed by atoms with van der Waals surface area (Å²) in [7, 11) is 0. The van der Waals surface area contributed by atoms with Crippen LogP contribution in [-0.4, -0.2) is 16.5 Å². The number of anilines is 3. The highest BCUT2D eigenvalue weighted by Crippen LogP contribution is 2.34. The molecule has 1 aliphatic rings. The number of nitrogen functional groups attached to an aromatic ring is 1. The van der Waals surface area contributed by atoms with Crippen molar-refractivity contribution in [2.75, 3.05) is 17.2 Å². The van der Waals surface area contributed by atoms with Crippen LogP contribution in [0.4, 0.5) is 17.5 Å². The average molecular weight is 291 g/mol. The Hall–Kier alpha value is -1.62. The van der Waals surface area contributed by atoms with Crippen LogP contribution in [-0.2, 0) is 6.42 Å². The van der Waals surface area contributed by atoms with E-state index in [1.807, 2.05) is 12.1 Å². The predicted octanol–water partition coefficient (Wildman–Crippen LogP) is 2.52. The average Bonchev–Trinajstić information content (AvgIpc) is 2.71. The Morgan fingerprint density at radius 3 is 3.00 bits per heavy atom. The molecule has 0 aliphatic carbocycles. The lowest BCUT2D eigenvalue weighted by Crippen LogP contribution is -2.15. The molecule has 2 aromatic rings. The molecular formula is C12H11BrN4. The fourth-order valence-corrected chi connectivity index (χ4v) is 2.53. The van der Waals surface area contributed by atoms with E-state index < -0.39 is 0 Å². The molecule has 0 saturated carbocycles. The fourth-order valence-electron chi connectivity index (χ4n) is 2.12. The molecule has 0 saturated heterocycles. The van der Waals surface area contributed by atoms with E-state index in [2.05, 4.69) is 42.9 Å². The van der Waals surface area contributed by atoms with Crippen molar-refractivity contribution in [3.05, 3.63) is 40.5 Å². The van der Waals surface area contributed by atoms with Crippen LogP contribution in [0.25, 0.3) is 0 Å². The second kappa shape index (κ2) is 4.00. The molecule has 0 radical (unpaired) electrons. The van der Waals surface area contributed by atoms with Crippen LogP contribution in [0.1, 0.15) is 5.56 Å². The highest BCUT2D eigenvalue weighted by atomic mass is 79.9. The molecule has 2 N–H and O–H groups in total. The van der Waals surface area contributed by atoms with Crippen LogP contribution in [0.15, 0.2) is 34.9 Å². The lowest BCUT2D eigenvalue weighted by Gasteiger charge is -2.18. The zero-order chi connectivity index (χ0) is 11.8. The molecule has 0 unspecified atom stereocenters. The van der Waals surface area contributed by atoms with Gasteiger partial charge in [0.1, 0.15) is 5.82 Å². The topological polar surface area (TPSA) is 55.0 Å². The third kappa shape index (κ3) is 1.86. The van der Waals surface area contributed by atoms with Gasteiger partial charge in [0.25, 0.3) is 0 Å². The van der Waals surface area contributed by atoms with Crippen molar-refractivity contribution in [2.24, 2.45) is 0 Å². The Balaban J connectivity index is 2.04. The van der Waals surface area contributed by atoms with E-state index in [1.165, 1.54) is 11.3 Å². The van der Waals surface area contributed by atoms with Gasteiger partial charge in [0.05, 0.1) is 0 Å². The quantitative estimate of drug-likeness (QED) is 0.877. The third-order valence-electron chi connectivity index (χ3n) is 2.87. The SMILES string of the molecule is Nc1nccc(N2CCc3cc(Br)ccc32)n1. The normalized spacial score (nSPS) is 13.8. The monoisotopic (exact) mass is 290 g/mol. The first-order valence-corrected chi connectivity index (χ1v) is 6.18. The maximum Gasteiger partial charge on any atom is 0.221 e. The van der Waals surface area contributed by atoms with Crippen molar-refractivity contribution >= 4 is 33.4 Å². The molecular weight excluding hydrogens is 280 g/mol. The van der Waals surface area contributed by atoms with Gasteiger partial charge in [-0.05, 0) is 36.2 Å². The molecule has 1 aliphatic heterocycles. The van der Waals surface area contributed by atoms with Gasteiger partial charge in [-0.3, -0.25) is 0 Å². The summed E-state index contributed by atoms with van der Waals surface area (Å²) >= 11 is 3.49. The van der Waals surface area contributed by atoms with Crippen LogP contribution in [0, 0.1) is 0 Å². The van der Waals surface area contributed by atoms with Gasteiger partial charge >= 0.3 is 0 Å². The first-order valence-electron chi connectivity index (χ1n) is 5.38. The number of rotatable bonds is 1. The number of hydrogen-bond acceptors (Lipinski definition) is 4. The second-order valence-electron chi connectivity index (χ2n) is 3.95. The number of nitrogens with two attached hydrogens (primary N) is 1. The van der Waals surface area contributed by atoms with Crippen molar-refractivity contribution in [2.45, 2.75) is 6.42 Å². The number of aromatic nitrogens is 2. The summed E-state index contributed by atoms with van der Waals surface area (Å²) in [6, 6.07) is 8.18. The van der Waals surface area contributed by atoms with Gasteiger partial charge in [-0.1, -0.05) is 15.9 Å². The number of nitrogens with zero attached hydrogens (tertiary/aromatic N) is 3. The fraction of sp³-hybridized carbons (Fsp3) is 0.167. The molecule has 17 heavy (non-hydrogen) atoms. The Bertz CT molecular complexity index is 570. The molecule has 86 valence electrons.